The molecule has 0 radical (unpaired) electrons. The van der Waals surface area contributed by atoms with Crippen LogP contribution in [0.25, 0.3) is 0 Å². The Bertz CT molecular complexity index is 3650. The van der Waals surface area contributed by atoms with Crippen molar-refractivity contribution in [3.05, 3.63) is 102 Å². The first kappa shape index (κ1) is 66.8. The average molecular weight is 1320 g/mol. The number of amides is 4. The molecule has 2 aromatic carbocycles. The van der Waals surface area contributed by atoms with Crippen molar-refractivity contribution >= 4 is 93.4 Å². The summed E-state index contributed by atoms with van der Waals surface area (Å²) < 4.78 is 5.50. The molecule has 24 nitrogen and oxygen atoms in total. The second kappa shape index (κ2) is 27.6. The number of benzene rings is 2. The monoisotopic (exact) mass is 1320 g/mol. The van der Waals surface area contributed by atoms with Gasteiger partial charge >= 0.3 is 6.09 Å². The molecule has 9 aliphatic rings. The van der Waals surface area contributed by atoms with Crippen molar-refractivity contribution < 1.29 is 23.9 Å². The molecule has 0 unspecified atom stereocenters. The number of pyridine rings is 1. The molecule has 15 rings (SSSR count). The van der Waals surface area contributed by atoms with Crippen LogP contribution in [0, 0.1) is 0 Å². The molecular formula is C73H97N19O5. The third-order valence-electron chi connectivity index (χ3n) is 20.8. The summed E-state index contributed by atoms with van der Waals surface area (Å²) in [6, 6.07) is 21.3. The zero-order valence-corrected chi connectivity index (χ0v) is 58.1. The lowest BCUT2D eigenvalue weighted by atomic mass is 9.88. The Labute approximate surface area is 570 Å². The molecule has 10 heterocycles. The van der Waals surface area contributed by atoms with E-state index in [0.29, 0.717) is 36.8 Å². The highest BCUT2D eigenvalue weighted by atomic mass is 16.6. The summed E-state index contributed by atoms with van der Waals surface area (Å²) in [5, 5.41) is 16.6. The quantitative estimate of drug-likeness (QED) is 0.0764. The van der Waals surface area contributed by atoms with E-state index in [1.54, 1.807) is 17.3 Å². The number of nitrogens with zero attached hydrogens (tertiary/aromatic N) is 14. The molecule has 514 valence electrons. The van der Waals surface area contributed by atoms with Crippen LogP contribution in [-0.2, 0) is 35.4 Å². The standard InChI is InChI=1S/C28H38N6O3.C23H30N6O.C22H29N7O/c1-27(2,3)37-26(36)33-16-14-32(15-17-33)20-12-10-19(11-13-20)30-25-29-18-22-23(31-25)34(21-8-6-7-9-21)24(35)28(22,4)5;1-23(2)19-15-25-22(27-20(19)29(21(23)30)18-5-3-4-6-18)26-16-7-9-17(10-8-16)28-13-11-24-12-14-28;1-22(2)17-14-25-21(27-19(17)29(20(22)30)15-5-3-4-6-15)26-18-8-7-16(13-24-18)28-11-9-23-10-12-28/h10-13,18,21H,6-9,14-17H2,1-5H3,(H,29,30,31);7-10,15,18,24H,3-6,11-14H2,1-2H3,(H,25,26,27);7-8,13-15,23H,3-6,9-12H2,1-2H3,(H,24,25,26,27). The van der Waals surface area contributed by atoms with E-state index >= 15 is 0 Å². The molecule has 4 amide bonds. The number of anilines is 12. The number of carbonyl (C=O) groups is 4. The molecule has 0 spiro atoms. The minimum Gasteiger partial charge on any atom is -0.444 e. The summed E-state index contributed by atoms with van der Waals surface area (Å²) in [6.07, 6.45) is 20.3. The van der Waals surface area contributed by atoms with Gasteiger partial charge in [0.2, 0.25) is 35.6 Å². The van der Waals surface area contributed by atoms with Crippen LogP contribution < -0.4 is 56.0 Å². The van der Waals surface area contributed by atoms with E-state index in [4.69, 9.17) is 19.7 Å². The van der Waals surface area contributed by atoms with Crippen LogP contribution in [0.4, 0.5) is 74.3 Å². The summed E-state index contributed by atoms with van der Waals surface area (Å²) in [5.41, 5.74) is 5.78. The minimum absolute atomic E-state index is 0.122. The van der Waals surface area contributed by atoms with Gasteiger partial charge in [-0.2, -0.15) is 15.0 Å². The van der Waals surface area contributed by atoms with Gasteiger partial charge in [0, 0.05) is 155 Å². The van der Waals surface area contributed by atoms with Crippen LogP contribution in [-0.4, -0.2) is 166 Å². The highest BCUT2D eigenvalue weighted by Crippen LogP contribution is 2.47. The van der Waals surface area contributed by atoms with Gasteiger partial charge in [0.05, 0.1) is 28.1 Å². The zero-order valence-electron chi connectivity index (χ0n) is 58.1. The fraction of sp³-hybridized carbons (Fsp3) is 0.548. The molecule has 3 saturated heterocycles. The number of hydrogen-bond donors (Lipinski definition) is 5. The second-order valence-electron chi connectivity index (χ2n) is 29.8. The van der Waals surface area contributed by atoms with Gasteiger partial charge in [-0.25, -0.2) is 24.7 Å². The lowest BCUT2D eigenvalue weighted by molar-refractivity contribution is -0.123. The summed E-state index contributed by atoms with van der Waals surface area (Å²) in [6.45, 7) is 28.3. The van der Waals surface area contributed by atoms with Gasteiger partial charge in [-0.1, -0.05) is 38.5 Å². The van der Waals surface area contributed by atoms with Crippen molar-refractivity contribution in [2.24, 2.45) is 0 Å². The summed E-state index contributed by atoms with van der Waals surface area (Å²) in [4.78, 5) is 98.9. The van der Waals surface area contributed by atoms with Crippen LogP contribution in [0.1, 0.15) is 156 Å². The van der Waals surface area contributed by atoms with Crippen molar-refractivity contribution in [3.8, 4) is 0 Å². The molecule has 3 aliphatic carbocycles. The van der Waals surface area contributed by atoms with E-state index in [1.807, 2.05) is 108 Å². The maximum Gasteiger partial charge on any atom is 0.410 e. The molecule has 24 heteroatoms. The van der Waals surface area contributed by atoms with Gasteiger partial charge in [-0.3, -0.25) is 29.1 Å². The Morgan fingerprint density at radius 3 is 1.13 bits per heavy atom. The summed E-state index contributed by atoms with van der Waals surface area (Å²) in [7, 11) is 0. The average Bonchev–Trinajstić information content (AvgIpc) is 1.60. The predicted molar refractivity (Wildman–Crippen MR) is 382 cm³/mol. The van der Waals surface area contributed by atoms with E-state index in [-0.39, 0.29) is 41.9 Å². The van der Waals surface area contributed by atoms with E-state index in [2.05, 4.69) is 104 Å². The van der Waals surface area contributed by atoms with E-state index in [9.17, 15) is 19.2 Å². The third kappa shape index (κ3) is 14.1. The van der Waals surface area contributed by atoms with Gasteiger partial charge in [0.1, 0.15) is 28.9 Å². The third-order valence-corrected chi connectivity index (χ3v) is 20.8. The number of hydrogen-bond acceptors (Lipinski definition) is 20. The predicted octanol–water partition coefficient (Wildman–Crippen LogP) is 10.6. The summed E-state index contributed by atoms with van der Waals surface area (Å²) in [5.74, 6) is 4.90. The molecule has 6 fully saturated rings. The Morgan fingerprint density at radius 1 is 0.443 bits per heavy atom. The summed E-state index contributed by atoms with van der Waals surface area (Å²) >= 11 is 0. The fourth-order valence-corrected chi connectivity index (χ4v) is 15.1. The lowest BCUT2D eigenvalue weighted by Crippen LogP contribution is -2.50. The molecule has 0 bridgehead atoms. The van der Waals surface area contributed by atoms with Gasteiger partial charge in [-0.05, 0) is 162 Å². The van der Waals surface area contributed by atoms with Crippen LogP contribution in [0.15, 0.2) is 85.5 Å². The number of fused-ring (bicyclic) bond motifs is 3. The van der Waals surface area contributed by atoms with Crippen molar-refractivity contribution in [1.29, 1.82) is 0 Å². The maximum atomic E-state index is 13.3. The largest absolute Gasteiger partial charge is 0.444 e. The minimum atomic E-state index is -0.606. The molecule has 5 N–H and O–H groups in total. The van der Waals surface area contributed by atoms with Gasteiger partial charge < -0.3 is 50.9 Å². The molecule has 4 aromatic heterocycles. The zero-order chi connectivity index (χ0) is 67.8. The Kier molecular flexibility index (Phi) is 19.0. The molecule has 6 aliphatic heterocycles. The number of rotatable bonds is 12. The first-order chi connectivity index (χ1) is 46.6. The molecule has 0 atom stereocenters. The van der Waals surface area contributed by atoms with E-state index in [1.165, 1.54) is 31.4 Å². The Balaban J connectivity index is 0.000000132. The van der Waals surface area contributed by atoms with Gasteiger partial charge in [0.15, 0.2) is 0 Å². The number of nitrogens with one attached hydrogen (secondary N) is 5. The molecule has 3 saturated carbocycles. The molecule has 97 heavy (non-hydrogen) atoms. The number of piperazine rings is 3. The maximum absolute atomic E-state index is 13.3. The first-order valence-electron chi connectivity index (χ1n) is 35.4. The van der Waals surface area contributed by atoms with Crippen LogP contribution in [0.5, 0.6) is 0 Å². The van der Waals surface area contributed by atoms with Crippen molar-refractivity contribution in [3.63, 3.8) is 0 Å². The van der Waals surface area contributed by atoms with Crippen molar-refractivity contribution in [1.82, 2.24) is 50.4 Å². The van der Waals surface area contributed by atoms with Crippen LogP contribution in [0.2, 0.25) is 0 Å². The highest BCUT2D eigenvalue weighted by molar-refractivity contribution is 6.08. The highest BCUT2D eigenvalue weighted by Gasteiger charge is 2.51. The number of carbonyl (C=O) groups excluding carboxylic acids is 4. The van der Waals surface area contributed by atoms with Gasteiger partial charge in [0.25, 0.3) is 0 Å². The Morgan fingerprint density at radius 2 is 0.784 bits per heavy atom. The van der Waals surface area contributed by atoms with Crippen molar-refractivity contribution in [2.75, 3.05) is 124 Å². The Hall–Kier alpha value is -8.77. The molecule has 6 aromatic rings. The topological polar surface area (TPSA) is 251 Å². The smallest absolute Gasteiger partial charge is 0.410 e. The van der Waals surface area contributed by atoms with Gasteiger partial charge in [-0.15, -0.1) is 0 Å². The SMILES string of the molecule is CC(C)(C)OC(=O)N1CCN(c2ccc(Nc3ncc4c(n3)N(C3CCCC3)C(=O)C4(C)C)cc2)CC1.CC1(C)C(=O)N(C2CCCC2)c2nc(Nc3ccc(N4CCNCC4)cc3)ncc21.CC1(C)C(=O)N(C2CCCC2)c2nc(Nc3ccc(N4CCNCC4)cn3)ncc21. The lowest BCUT2D eigenvalue weighted by Gasteiger charge is -2.36. The molecular weight excluding hydrogens is 1220 g/mol. The first-order valence-corrected chi connectivity index (χ1v) is 35.4. The van der Waals surface area contributed by atoms with Crippen LogP contribution >= 0.6 is 0 Å². The van der Waals surface area contributed by atoms with E-state index < -0.39 is 21.8 Å². The fourth-order valence-electron chi connectivity index (χ4n) is 15.1. The normalized spacial score (nSPS) is 20.7. The van der Waals surface area contributed by atoms with E-state index in [0.717, 1.165) is 174 Å². The van der Waals surface area contributed by atoms with Crippen LogP contribution in [0.3, 0.4) is 0 Å². The number of ether oxygens (including phenoxy) is 1. The number of aromatic nitrogens is 7. The second-order valence-corrected chi connectivity index (χ2v) is 29.8. The van der Waals surface area contributed by atoms with Crippen molar-refractivity contribution in [2.45, 2.75) is 179 Å².